The molecule has 0 bridgehead atoms. The minimum Gasteiger partial charge on any atom is -0.395 e. The number of aliphatic hydroxyl groups is 2. The molecule has 1 aromatic rings. The molecule has 0 fully saturated rings. The summed E-state index contributed by atoms with van der Waals surface area (Å²) in [4.78, 5) is 6.03. The Labute approximate surface area is 89.2 Å². The van der Waals surface area contributed by atoms with Crippen LogP contribution in [0.4, 0.5) is 5.82 Å². The van der Waals surface area contributed by atoms with E-state index in [4.69, 9.17) is 15.9 Å². The maximum Gasteiger partial charge on any atom is 0.128 e. The normalized spacial score (nSPS) is 10.3. The first-order valence-corrected chi connectivity index (χ1v) is 4.93. The van der Waals surface area contributed by atoms with Gasteiger partial charge in [-0.05, 0) is 11.6 Å². The van der Waals surface area contributed by atoms with Crippen molar-refractivity contribution < 1.29 is 10.2 Å². The number of aliphatic hydroxyl groups excluding tert-OH is 2. The summed E-state index contributed by atoms with van der Waals surface area (Å²) in [7, 11) is 0. The van der Waals surface area contributed by atoms with Gasteiger partial charge in [0.2, 0.25) is 0 Å². The van der Waals surface area contributed by atoms with Crippen molar-refractivity contribution in [2.75, 3.05) is 31.2 Å². The van der Waals surface area contributed by atoms with Crippen molar-refractivity contribution in [1.29, 1.82) is 0 Å². The van der Waals surface area contributed by atoms with Crippen molar-refractivity contribution in [3.05, 3.63) is 23.9 Å². The highest BCUT2D eigenvalue weighted by atomic mass is 16.3. The molecular weight excluding hydrogens is 194 g/mol. The van der Waals surface area contributed by atoms with Gasteiger partial charge < -0.3 is 20.8 Å². The third-order valence-corrected chi connectivity index (χ3v) is 2.11. The molecule has 0 amide bonds. The summed E-state index contributed by atoms with van der Waals surface area (Å²) in [5.74, 6) is 0.746. The van der Waals surface area contributed by atoms with Crippen LogP contribution in [0.25, 0.3) is 0 Å². The van der Waals surface area contributed by atoms with Crippen LogP contribution < -0.4 is 10.6 Å². The maximum atomic E-state index is 8.85. The molecule has 4 N–H and O–H groups in total. The van der Waals surface area contributed by atoms with E-state index in [1.807, 2.05) is 17.0 Å². The molecule has 0 aliphatic carbocycles. The number of hydrogen-bond donors (Lipinski definition) is 3. The molecule has 15 heavy (non-hydrogen) atoms. The van der Waals surface area contributed by atoms with Crippen LogP contribution in [-0.2, 0) is 6.54 Å². The van der Waals surface area contributed by atoms with Crippen molar-refractivity contribution in [2.24, 2.45) is 5.73 Å². The number of hydrogen-bond acceptors (Lipinski definition) is 5. The lowest BCUT2D eigenvalue weighted by atomic mass is 10.3. The highest BCUT2D eigenvalue weighted by molar-refractivity contribution is 5.39. The van der Waals surface area contributed by atoms with Crippen molar-refractivity contribution in [3.8, 4) is 0 Å². The molecule has 0 radical (unpaired) electrons. The lowest BCUT2D eigenvalue weighted by Gasteiger charge is -2.21. The van der Waals surface area contributed by atoms with Crippen molar-refractivity contribution in [2.45, 2.75) is 6.54 Å². The zero-order valence-electron chi connectivity index (χ0n) is 8.63. The fourth-order valence-corrected chi connectivity index (χ4v) is 1.31. The first-order chi connectivity index (χ1) is 7.31. The van der Waals surface area contributed by atoms with E-state index in [9.17, 15) is 0 Å². The second-order valence-electron chi connectivity index (χ2n) is 3.16. The van der Waals surface area contributed by atoms with Crippen molar-refractivity contribution in [3.63, 3.8) is 0 Å². The van der Waals surface area contributed by atoms with Gasteiger partial charge in [0.1, 0.15) is 5.82 Å². The van der Waals surface area contributed by atoms with Crippen LogP contribution in [0, 0.1) is 0 Å². The van der Waals surface area contributed by atoms with Gasteiger partial charge in [0.05, 0.1) is 13.2 Å². The molecule has 0 unspecified atom stereocenters. The Hall–Kier alpha value is -1.17. The van der Waals surface area contributed by atoms with E-state index in [1.54, 1.807) is 6.20 Å². The Morgan fingerprint density at radius 1 is 1.20 bits per heavy atom. The fraction of sp³-hybridized carbons (Fsp3) is 0.500. The Morgan fingerprint density at radius 3 is 2.27 bits per heavy atom. The van der Waals surface area contributed by atoms with Gasteiger partial charge in [-0.2, -0.15) is 0 Å². The van der Waals surface area contributed by atoms with E-state index in [1.165, 1.54) is 0 Å². The smallest absolute Gasteiger partial charge is 0.128 e. The van der Waals surface area contributed by atoms with Gasteiger partial charge in [0.25, 0.3) is 0 Å². The van der Waals surface area contributed by atoms with E-state index in [0.717, 1.165) is 11.4 Å². The van der Waals surface area contributed by atoms with Crippen LogP contribution in [0.1, 0.15) is 5.56 Å². The molecule has 5 heteroatoms. The van der Waals surface area contributed by atoms with Crippen LogP contribution in [-0.4, -0.2) is 41.5 Å². The molecule has 0 aliphatic rings. The van der Waals surface area contributed by atoms with Crippen molar-refractivity contribution in [1.82, 2.24) is 4.98 Å². The molecule has 1 aromatic heterocycles. The largest absolute Gasteiger partial charge is 0.395 e. The Bertz CT molecular complexity index is 271. The second-order valence-corrected chi connectivity index (χ2v) is 3.16. The number of rotatable bonds is 6. The molecule has 0 aromatic carbocycles. The molecule has 84 valence electrons. The highest BCUT2D eigenvalue weighted by Gasteiger charge is 2.05. The minimum atomic E-state index is 0.0420. The molecule has 1 heterocycles. The Kier molecular flexibility index (Phi) is 5.03. The van der Waals surface area contributed by atoms with E-state index in [0.29, 0.717) is 19.6 Å². The topological polar surface area (TPSA) is 82.6 Å². The monoisotopic (exact) mass is 211 g/mol. The zero-order valence-corrected chi connectivity index (χ0v) is 8.63. The number of nitrogens with zero attached hydrogens (tertiary/aromatic N) is 2. The summed E-state index contributed by atoms with van der Waals surface area (Å²) in [6.45, 7) is 1.49. The van der Waals surface area contributed by atoms with Gasteiger partial charge in [0, 0.05) is 25.8 Å². The first kappa shape index (κ1) is 11.9. The average Bonchev–Trinajstić information content (AvgIpc) is 2.29. The Morgan fingerprint density at radius 2 is 1.87 bits per heavy atom. The van der Waals surface area contributed by atoms with Gasteiger partial charge in [-0.15, -0.1) is 0 Å². The summed E-state index contributed by atoms with van der Waals surface area (Å²) in [5, 5.41) is 17.7. The third-order valence-electron chi connectivity index (χ3n) is 2.11. The molecule has 0 saturated carbocycles. The zero-order chi connectivity index (χ0) is 11.1. The second kappa shape index (κ2) is 6.34. The summed E-state index contributed by atoms with van der Waals surface area (Å²) >= 11 is 0. The number of nitrogens with two attached hydrogens (primary N) is 1. The van der Waals surface area contributed by atoms with Gasteiger partial charge in [-0.3, -0.25) is 0 Å². The quantitative estimate of drug-likeness (QED) is 0.581. The van der Waals surface area contributed by atoms with Crippen molar-refractivity contribution >= 4 is 5.82 Å². The molecule has 0 saturated heterocycles. The molecule has 0 spiro atoms. The summed E-state index contributed by atoms with van der Waals surface area (Å²) in [6, 6.07) is 3.73. The lowest BCUT2D eigenvalue weighted by molar-refractivity contribution is 0.280. The molecule has 0 atom stereocenters. The van der Waals surface area contributed by atoms with Crippen LogP contribution in [0.15, 0.2) is 18.3 Å². The van der Waals surface area contributed by atoms with Crippen LogP contribution >= 0.6 is 0 Å². The predicted octanol–water partition coefficient (Wildman–Crippen LogP) is -0.669. The maximum absolute atomic E-state index is 8.85. The Balaban J connectivity index is 2.72. The van der Waals surface area contributed by atoms with Crippen LogP contribution in [0.5, 0.6) is 0 Å². The van der Waals surface area contributed by atoms with Gasteiger partial charge >= 0.3 is 0 Å². The number of aromatic nitrogens is 1. The average molecular weight is 211 g/mol. The third kappa shape index (κ3) is 3.47. The SMILES string of the molecule is NCc1ccc(N(CCO)CCO)nc1. The van der Waals surface area contributed by atoms with Crippen LogP contribution in [0.3, 0.4) is 0 Å². The molecular formula is C10H17N3O2. The lowest BCUT2D eigenvalue weighted by Crippen LogP contribution is -2.30. The fourth-order valence-electron chi connectivity index (χ4n) is 1.31. The number of pyridine rings is 1. The van der Waals surface area contributed by atoms with E-state index >= 15 is 0 Å². The molecule has 1 rings (SSSR count). The highest BCUT2D eigenvalue weighted by Crippen LogP contribution is 2.10. The first-order valence-electron chi connectivity index (χ1n) is 4.93. The van der Waals surface area contributed by atoms with Crippen LogP contribution in [0.2, 0.25) is 0 Å². The summed E-state index contributed by atoms with van der Waals surface area (Å²) in [6.07, 6.45) is 1.71. The van der Waals surface area contributed by atoms with Gasteiger partial charge in [-0.25, -0.2) is 4.98 Å². The standard InChI is InChI=1S/C10H17N3O2/c11-7-9-1-2-10(12-8-9)13(3-5-14)4-6-15/h1-2,8,14-15H,3-7,11H2. The number of anilines is 1. The van der Waals surface area contributed by atoms with E-state index in [-0.39, 0.29) is 13.2 Å². The molecule has 5 nitrogen and oxygen atoms in total. The molecule has 0 aliphatic heterocycles. The summed E-state index contributed by atoms with van der Waals surface area (Å²) in [5.41, 5.74) is 6.42. The van der Waals surface area contributed by atoms with Gasteiger partial charge in [-0.1, -0.05) is 6.07 Å². The van der Waals surface area contributed by atoms with E-state index < -0.39 is 0 Å². The summed E-state index contributed by atoms with van der Waals surface area (Å²) < 4.78 is 0. The minimum absolute atomic E-state index is 0.0420. The predicted molar refractivity (Wildman–Crippen MR) is 58.5 cm³/mol. The van der Waals surface area contributed by atoms with E-state index in [2.05, 4.69) is 4.98 Å². The van der Waals surface area contributed by atoms with Gasteiger partial charge in [0.15, 0.2) is 0 Å².